The third-order valence-electron chi connectivity index (χ3n) is 1.90. The first-order chi connectivity index (χ1) is 8.67. The standard InChI is InChI=1S/C12H17N3O4/c1-12(2,3)19-11(18)14-9(10(16)17)5-8-6-13-15(4)7-8/h5-7H,1-4H3,(H,14,18)(H,16,17)/b9-5+. The Morgan fingerprint density at radius 3 is 2.53 bits per heavy atom. The summed E-state index contributed by atoms with van der Waals surface area (Å²) in [6.07, 6.45) is 3.60. The van der Waals surface area contributed by atoms with E-state index < -0.39 is 17.7 Å². The fourth-order valence-electron chi connectivity index (χ4n) is 1.25. The Hall–Kier alpha value is -2.31. The fourth-order valence-corrected chi connectivity index (χ4v) is 1.25. The van der Waals surface area contributed by atoms with Crippen LogP contribution in [-0.2, 0) is 16.6 Å². The molecule has 0 radical (unpaired) electrons. The number of hydrogen-bond acceptors (Lipinski definition) is 4. The zero-order valence-electron chi connectivity index (χ0n) is 11.3. The number of carboxylic acids is 1. The molecule has 0 saturated carbocycles. The maximum atomic E-state index is 11.5. The maximum absolute atomic E-state index is 11.5. The Morgan fingerprint density at radius 2 is 2.11 bits per heavy atom. The van der Waals surface area contributed by atoms with Crippen molar-refractivity contribution in [2.24, 2.45) is 7.05 Å². The highest BCUT2D eigenvalue weighted by Crippen LogP contribution is 2.09. The van der Waals surface area contributed by atoms with E-state index in [1.807, 2.05) is 0 Å². The molecular formula is C12H17N3O4. The molecule has 0 aromatic carbocycles. The summed E-state index contributed by atoms with van der Waals surface area (Å²) in [6.45, 7) is 5.08. The van der Waals surface area contributed by atoms with Gasteiger partial charge in [-0.1, -0.05) is 0 Å². The molecule has 0 unspecified atom stereocenters. The van der Waals surface area contributed by atoms with E-state index in [4.69, 9.17) is 9.84 Å². The molecule has 0 aliphatic carbocycles. The second kappa shape index (κ2) is 5.55. The van der Waals surface area contributed by atoms with Crippen LogP contribution in [0.3, 0.4) is 0 Å². The predicted octanol–water partition coefficient (Wildman–Crippen LogP) is 1.37. The monoisotopic (exact) mass is 267 g/mol. The SMILES string of the molecule is Cn1cc(/C=C(/NC(=O)OC(C)(C)C)C(=O)O)cn1. The molecule has 1 amide bonds. The summed E-state index contributed by atoms with van der Waals surface area (Å²) < 4.78 is 6.51. The summed E-state index contributed by atoms with van der Waals surface area (Å²) >= 11 is 0. The van der Waals surface area contributed by atoms with Crippen LogP contribution in [0.5, 0.6) is 0 Å². The van der Waals surface area contributed by atoms with Gasteiger partial charge in [-0.05, 0) is 26.8 Å². The number of rotatable bonds is 3. The zero-order valence-corrected chi connectivity index (χ0v) is 11.3. The molecule has 0 aliphatic heterocycles. The van der Waals surface area contributed by atoms with Crippen LogP contribution in [-0.4, -0.2) is 32.6 Å². The summed E-state index contributed by atoms with van der Waals surface area (Å²) in [5.41, 5.74) is -0.402. The average Bonchev–Trinajstić information content (AvgIpc) is 2.60. The smallest absolute Gasteiger partial charge is 0.412 e. The highest BCUT2D eigenvalue weighted by atomic mass is 16.6. The molecular weight excluding hydrogens is 250 g/mol. The molecule has 0 atom stereocenters. The Morgan fingerprint density at radius 1 is 1.47 bits per heavy atom. The van der Waals surface area contributed by atoms with Crippen molar-refractivity contribution in [3.05, 3.63) is 23.7 Å². The number of aliphatic carboxylic acids is 1. The van der Waals surface area contributed by atoms with E-state index in [-0.39, 0.29) is 5.70 Å². The lowest BCUT2D eigenvalue weighted by molar-refractivity contribution is -0.133. The summed E-state index contributed by atoms with van der Waals surface area (Å²) in [5.74, 6) is -1.25. The molecule has 1 aromatic heterocycles. The van der Waals surface area contributed by atoms with Gasteiger partial charge < -0.3 is 9.84 Å². The lowest BCUT2D eigenvalue weighted by Gasteiger charge is -2.19. The van der Waals surface area contributed by atoms with Crippen molar-refractivity contribution in [3.63, 3.8) is 0 Å². The molecule has 19 heavy (non-hydrogen) atoms. The second-order valence-electron chi connectivity index (χ2n) is 4.94. The molecule has 1 rings (SSSR count). The van der Waals surface area contributed by atoms with Crippen LogP contribution in [0.25, 0.3) is 6.08 Å². The van der Waals surface area contributed by atoms with E-state index in [9.17, 15) is 9.59 Å². The molecule has 0 bridgehead atoms. The topological polar surface area (TPSA) is 93.5 Å². The number of alkyl carbamates (subject to hydrolysis) is 1. The van der Waals surface area contributed by atoms with Crippen molar-refractivity contribution in [2.45, 2.75) is 26.4 Å². The molecule has 2 N–H and O–H groups in total. The van der Waals surface area contributed by atoms with Crippen molar-refractivity contribution < 1.29 is 19.4 Å². The normalized spacial score (nSPS) is 12.1. The van der Waals surface area contributed by atoms with Crippen LogP contribution in [0.2, 0.25) is 0 Å². The van der Waals surface area contributed by atoms with Crippen molar-refractivity contribution in [3.8, 4) is 0 Å². The number of carbonyl (C=O) groups is 2. The second-order valence-corrected chi connectivity index (χ2v) is 4.94. The van der Waals surface area contributed by atoms with Crippen LogP contribution in [0.15, 0.2) is 18.1 Å². The van der Waals surface area contributed by atoms with Gasteiger partial charge in [0.2, 0.25) is 0 Å². The molecule has 7 nitrogen and oxygen atoms in total. The average molecular weight is 267 g/mol. The quantitative estimate of drug-likeness (QED) is 0.807. The minimum absolute atomic E-state index is 0.276. The van der Waals surface area contributed by atoms with Crippen molar-refractivity contribution in [2.75, 3.05) is 0 Å². The molecule has 0 fully saturated rings. The van der Waals surface area contributed by atoms with E-state index in [1.54, 1.807) is 34.0 Å². The minimum atomic E-state index is -1.25. The predicted molar refractivity (Wildman–Crippen MR) is 68.2 cm³/mol. The van der Waals surface area contributed by atoms with Gasteiger partial charge in [0.15, 0.2) is 0 Å². The number of carboxylic acid groups (broad SMARTS) is 1. The number of carbonyl (C=O) groups excluding carboxylic acids is 1. The number of hydrogen-bond donors (Lipinski definition) is 2. The lowest BCUT2D eigenvalue weighted by atomic mass is 10.2. The fraction of sp³-hybridized carbons (Fsp3) is 0.417. The van der Waals surface area contributed by atoms with Crippen LogP contribution in [0, 0.1) is 0 Å². The first kappa shape index (κ1) is 14.7. The number of aromatic nitrogens is 2. The molecule has 0 saturated heterocycles. The minimum Gasteiger partial charge on any atom is -0.477 e. The van der Waals surface area contributed by atoms with E-state index in [0.29, 0.717) is 5.56 Å². The van der Waals surface area contributed by atoms with E-state index in [2.05, 4.69) is 10.4 Å². The maximum Gasteiger partial charge on any atom is 0.412 e. The number of ether oxygens (including phenoxy) is 1. The van der Waals surface area contributed by atoms with Gasteiger partial charge in [-0.2, -0.15) is 5.10 Å². The van der Waals surface area contributed by atoms with Crippen molar-refractivity contribution >= 4 is 18.1 Å². The first-order valence-corrected chi connectivity index (χ1v) is 5.61. The van der Waals surface area contributed by atoms with E-state index >= 15 is 0 Å². The zero-order chi connectivity index (χ0) is 14.6. The van der Waals surface area contributed by atoms with Gasteiger partial charge in [0.05, 0.1) is 6.20 Å². The summed E-state index contributed by atoms with van der Waals surface area (Å²) in [5, 5.41) is 15.1. The van der Waals surface area contributed by atoms with Gasteiger partial charge in [0.1, 0.15) is 11.3 Å². The Kier molecular flexibility index (Phi) is 4.31. The molecule has 0 aliphatic rings. The molecule has 1 heterocycles. The highest BCUT2D eigenvalue weighted by molar-refractivity contribution is 5.95. The van der Waals surface area contributed by atoms with Crippen molar-refractivity contribution in [1.82, 2.24) is 15.1 Å². The van der Waals surface area contributed by atoms with Crippen LogP contribution in [0.1, 0.15) is 26.3 Å². The molecule has 0 spiro atoms. The number of aryl methyl sites for hydroxylation is 1. The first-order valence-electron chi connectivity index (χ1n) is 5.61. The summed E-state index contributed by atoms with van der Waals surface area (Å²) in [7, 11) is 1.71. The lowest BCUT2D eigenvalue weighted by Crippen LogP contribution is -2.34. The number of amides is 1. The summed E-state index contributed by atoms with van der Waals surface area (Å²) in [6, 6.07) is 0. The van der Waals surface area contributed by atoms with Crippen LogP contribution in [0.4, 0.5) is 4.79 Å². The van der Waals surface area contributed by atoms with Crippen LogP contribution < -0.4 is 5.32 Å². The number of nitrogens with one attached hydrogen (secondary N) is 1. The molecule has 7 heteroatoms. The van der Waals surface area contributed by atoms with E-state index in [0.717, 1.165) is 0 Å². The Balaban J connectivity index is 2.82. The molecule has 104 valence electrons. The van der Waals surface area contributed by atoms with Crippen molar-refractivity contribution in [1.29, 1.82) is 0 Å². The van der Waals surface area contributed by atoms with Crippen LogP contribution >= 0.6 is 0 Å². The third-order valence-corrected chi connectivity index (χ3v) is 1.90. The number of nitrogens with zero attached hydrogens (tertiary/aromatic N) is 2. The van der Waals surface area contributed by atoms with Gasteiger partial charge in [-0.25, -0.2) is 9.59 Å². The van der Waals surface area contributed by atoms with Gasteiger partial charge in [0, 0.05) is 18.8 Å². The van der Waals surface area contributed by atoms with Gasteiger partial charge in [-0.3, -0.25) is 10.00 Å². The summed E-state index contributed by atoms with van der Waals surface area (Å²) in [4.78, 5) is 22.6. The Labute approximate surface area is 110 Å². The largest absolute Gasteiger partial charge is 0.477 e. The van der Waals surface area contributed by atoms with E-state index in [1.165, 1.54) is 17.0 Å². The molecule has 1 aromatic rings. The Bertz CT molecular complexity index is 511. The highest BCUT2D eigenvalue weighted by Gasteiger charge is 2.19. The van der Waals surface area contributed by atoms with Gasteiger partial charge in [0.25, 0.3) is 0 Å². The van der Waals surface area contributed by atoms with Gasteiger partial charge in [-0.15, -0.1) is 0 Å². The third kappa shape index (κ3) is 5.24. The van der Waals surface area contributed by atoms with Gasteiger partial charge >= 0.3 is 12.1 Å².